The maximum atomic E-state index is 13.7. The number of nitrogens with one attached hydrogen (secondary N) is 1. The summed E-state index contributed by atoms with van der Waals surface area (Å²) >= 11 is 2.76. The van der Waals surface area contributed by atoms with Crippen molar-refractivity contribution >= 4 is 40.9 Å². The molecule has 1 aromatic heterocycles. The summed E-state index contributed by atoms with van der Waals surface area (Å²) < 4.78 is 18.6. The van der Waals surface area contributed by atoms with Gasteiger partial charge in [0.1, 0.15) is 12.4 Å². The standard InChI is InChI=1S/C23H21FN2O5S2/c1-2-31-13(27)8-26-21(28)16-11-7-12(17(16)22(26)29)18-15(11)14(9-3-5-10(24)6-4-9)19-20(32-18)25-23(30)33-19/h3-6,11-12,14-18H,2,7-8H2,1H3,(H,25,30)/t11?,12?,14-,15?,16?,17?,18?/m1/s1. The molecule has 172 valence electrons. The molecule has 2 amide bonds. The Labute approximate surface area is 196 Å². The zero-order chi connectivity index (χ0) is 23.0. The first kappa shape index (κ1) is 21.1. The number of carbonyl (C=O) groups is 3. The lowest BCUT2D eigenvalue weighted by Crippen LogP contribution is -2.42. The average Bonchev–Trinajstić information content (AvgIpc) is 3.50. The Balaban J connectivity index is 1.39. The van der Waals surface area contributed by atoms with Crippen LogP contribution in [0.15, 0.2) is 34.1 Å². The number of thioether (sulfide) groups is 1. The molecule has 1 N–H and O–H groups in total. The first-order chi connectivity index (χ1) is 15.9. The molecule has 2 bridgehead atoms. The van der Waals surface area contributed by atoms with Crippen molar-refractivity contribution in [3.63, 3.8) is 0 Å². The molecule has 2 aliphatic heterocycles. The third-order valence-electron chi connectivity index (χ3n) is 7.64. The predicted molar refractivity (Wildman–Crippen MR) is 118 cm³/mol. The first-order valence-corrected chi connectivity index (χ1v) is 12.7. The number of likely N-dealkylation sites (tertiary alicyclic amines) is 1. The second kappa shape index (κ2) is 7.53. The van der Waals surface area contributed by atoms with Gasteiger partial charge < -0.3 is 9.72 Å². The summed E-state index contributed by atoms with van der Waals surface area (Å²) in [4.78, 5) is 55.6. The van der Waals surface area contributed by atoms with Crippen molar-refractivity contribution in [1.29, 1.82) is 0 Å². The third kappa shape index (κ3) is 2.99. The highest BCUT2D eigenvalue weighted by molar-refractivity contribution is 8.00. The smallest absolute Gasteiger partial charge is 0.326 e. The molecule has 2 aromatic rings. The number of amides is 2. The van der Waals surface area contributed by atoms with E-state index in [0.717, 1.165) is 26.8 Å². The monoisotopic (exact) mass is 488 g/mol. The SMILES string of the molecule is CCOC(=O)CN1C(=O)C2C3CC(C2C1=O)C1C3Sc2[nH]c(=O)sc2[C@@H]1c1ccc(F)cc1. The molecule has 6 rings (SSSR count). The Kier molecular flexibility index (Phi) is 4.81. The molecular formula is C23H21FN2O5S2. The number of fused-ring (bicyclic) bond motifs is 9. The first-order valence-electron chi connectivity index (χ1n) is 11.0. The number of aromatic nitrogens is 1. The number of rotatable bonds is 4. The van der Waals surface area contributed by atoms with Crippen molar-refractivity contribution in [3.8, 4) is 0 Å². The van der Waals surface area contributed by atoms with Gasteiger partial charge >= 0.3 is 10.8 Å². The van der Waals surface area contributed by atoms with Crippen LogP contribution in [0.1, 0.15) is 29.7 Å². The zero-order valence-electron chi connectivity index (χ0n) is 17.7. The van der Waals surface area contributed by atoms with E-state index in [1.165, 1.54) is 23.5 Å². The Morgan fingerprint density at radius 2 is 1.85 bits per heavy atom. The molecule has 10 heteroatoms. The van der Waals surface area contributed by atoms with Gasteiger partial charge in [-0.15, -0.1) is 11.8 Å². The van der Waals surface area contributed by atoms with Crippen LogP contribution < -0.4 is 4.87 Å². The van der Waals surface area contributed by atoms with Crippen molar-refractivity contribution in [2.75, 3.05) is 13.2 Å². The molecule has 33 heavy (non-hydrogen) atoms. The Morgan fingerprint density at radius 3 is 2.55 bits per heavy atom. The van der Waals surface area contributed by atoms with Crippen molar-refractivity contribution < 1.29 is 23.5 Å². The summed E-state index contributed by atoms with van der Waals surface area (Å²) in [7, 11) is 0. The minimum absolute atomic E-state index is 0.0156. The quantitative estimate of drug-likeness (QED) is 0.525. The summed E-state index contributed by atoms with van der Waals surface area (Å²) in [5.41, 5.74) is 0.910. The van der Waals surface area contributed by atoms with Crippen molar-refractivity contribution in [2.45, 2.75) is 29.5 Å². The highest BCUT2D eigenvalue weighted by atomic mass is 32.2. The van der Waals surface area contributed by atoms with Gasteiger partial charge in [0.15, 0.2) is 0 Å². The molecule has 3 fully saturated rings. The number of aromatic amines is 1. The van der Waals surface area contributed by atoms with Crippen LogP contribution in [-0.2, 0) is 19.1 Å². The number of ether oxygens (including phenoxy) is 1. The lowest BCUT2D eigenvalue weighted by molar-refractivity contribution is -0.153. The molecule has 1 aromatic carbocycles. The minimum Gasteiger partial charge on any atom is -0.465 e. The molecule has 2 saturated carbocycles. The molecule has 7 atom stereocenters. The second-order valence-electron chi connectivity index (χ2n) is 9.08. The highest BCUT2D eigenvalue weighted by Crippen LogP contribution is 2.68. The van der Waals surface area contributed by atoms with Crippen LogP contribution in [0, 0.1) is 35.4 Å². The van der Waals surface area contributed by atoms with Crippen LogP contribution in [0.25, 0.3) is 0 Å². The van der Waals surface area contributed by atoms with Crippen LogP contribution in [0.4, 0.5) is 4.39 Å². The molecule has 4 aliphatic rings. The van der Waals surface area contributed by atoms with E-state index < -0.39 is 17.8 Å². The van der Waals surface area contributed by atoms with Gasteiger partial charge in [0.25, 0.3) is 0 Å². The molecule has 1 saturated heterocycles. The highest BCUT2D eigenvalue weighted by Gasteiger charge is 2.69. The molecule has 7 nitrogen and oxygen atoms in total. The van der Waals surface area contributed by atoms with Crippen LogP contribution in [-0.4, -0.2) is 46.1 Å². The van der Waals surface area contributed by atoms with Crippen molar-refractivity contribution in [2.24, 2.45) is 29.6 Å². The zero-order valence-corrected chi connectivity index (χ0v) is 19.3. The number of thiazole rings is 1. The summed E-state index contributed by atoms with van der Waals surface area (Å²) in [5, 5.41) is 0.869. The Bertz CT molecular complexity index is 1220. The van der Waals surface area contributed by atoms with E-state index in [2.05, 4.69) is 4.98 Å². The van der Waals surface area contributed by atoms with E-state index in [4.69, 9.17) is 4.74 Å². The van der Waals surface area contributed by atoms with Crippen LogP contribution in [0.5, 0.6) is 0 Å². The van der Waals surface area contributed by atoms with Crippen LogP contribution in [0.3, 0.4) is 0 Å². The Hall–Kier alpha value is -2.46. The van der Waals surface area contributed by atoms with Gasteiger partial charge in [-0.1, -0.05) is 23.5 Å². The molecule has 0 radical (unpaired) electrons. The minimum atomic E-state index is -0.581. The summed E-state index contributed by atoms with van der Waals surface area (Å²) in [5.74, 6) is -2.54. The van der Waals surface area contributed by atoms with Crippen molar-refractivity contribution in [3.05, 3.63) is 50.2 Å². The molecule has 0 spiro atoms. The fraction of sp³-hybridized carbons (Fsp3) is 0.478. The fourth-order valence-electron chi connectivity index (χ4n) is 6.61. The van der Waals surface area contributed by atoms with Gasteiger partial charge in [-0.3, -0.25) is 24.1 Å². The van der Waals surface area contributed by atoms with Gasteiger partial charge in [0, 0.05) is 16.0 Å². The maximum absolute atomic E-state index is 13.7. The topological polar surface area (TPSA) is 96.5 Å². The van der Waals surface area contributed by atoms with E-state index in [1.54, 1.807) is 30.8 Å². The van der Waals surface area contributed by atoms with E-state index in [1.807, 2.05) is 0 Å². The van der Waals surface area contributed by atoms with Gasteiger partial charge in [0.2, 0.25) is 11.8 Å². The third-order valence-corrected chi connectivity index (χ3v) is 10.2. The van der Waals surface area contributed by atoms with Gasteiger partial charge in [0.05, 0.1) is 23.5 Å². The fourth-order valence-corrected chi connectivity index (χ4v) is 9.50. The lowest BCUT2D eigenvalue weighted by atomic mass is 9.68. The number of esters is 1. The van der Waals surface area contributed by atoms with Gasteiger partial charge in [-0.2, -0.15) is 0 Å². The van der Waals surface area contributed by atoms with E-state index >= 15 is 0 Å². The molecule has 2 aliphatic carbocycles. The second-order valence-corrected chi connectivity index (χ2v) is 11.3. The number of halogens is 1. The summed E-state index contributed by atoms with van der Waals surface area (Å²) in [6.45, 7) is 1.53. The number of hydrogen-bond donors (Lipinski definition) is 1. The van der Waals surface area contributed by atoms with Crippen LogP contribution in [0.2, 0.25) is 0 Å². The van der Waals surface area contributed by atoms with Crippen molar-refractivity contribution in [1.82, 2.24) is 9.88 Å². The number of benzene rings is 1. The molecule has 3 heterocycles. The largest absolute Gasteiger partial charge is 0.465 e. The summed E-state index contributed by atoms with van der Waals surface area (Å²) in [6.07, 6.45) is 0.763. The van der Waals surface area contributed by atoms with Crippen LogP contribution >= 0.6 is 23.1 Å². The summed E-state index contributed by atoms with van der Waals surface area (Å²) in [6, 6.07) is 6.34. The number of hydrogen-bond acceptors (Lipinski definition) is 7. The molecular weight excluding hydrogens is 467 g/mol. The van der Waals surface area contributed by atoms with E-state index in [-0.39, 0.29) is 64.6 Å². The van der Waals surface area contributed by atoms with E-state index in [9.17, 15) is 23.6 Å². The predicted octanol–water partition coefficient (Wildman–Crippen LogP) is 2.61. The normalized spacial score (nSPS) is 33.8. The lowest BCUT2D eigenvalue weighted by Gasteiger charge is -2.43. The van der Waals surface area contributed by atoms with E-state index in [0.29, 0.717) is 0 Å². The number of nitrogens with zero attached hydrogens (tertiary/aromatic N) is 1. The number of H-pyrrole nitrogens is 1. The van der Waals surface area contributed by atoms with Gasteiger partial charge in [-0.05, 0) is 48.8 Å². The average molecular weight is 489 g/mol. The maximum Gasteiger partial charge on any atom is 0.326 e. The number of imide groups is 1. The molecule has 6 unspecified atom stereocenters. The number of carbonyl (C=O) groups excluding carboxylic acids is 3. The Morgan fingerprint density at radius 1 is 1.15 bits per heavy atom. The van der Waals surface area contributed by atoms with Gasteiger partial charge in [-0.25, -0.2) is 4.39 Å².